The van der Waals surface area contributed by atoms with Crippen LogP contribution in [0.15, 0.2) is 30.3 Å². The van der Waals surface area contributed by atoms with E-state index in [1.807, 2.05) is 13.0 Å². The Hall–Kier alpha value is -2.63. The van der Waals surface area contributed by atoms with Gasteiger partial charge in [0, 0.05) is 35.7 Å². The van der Waals surface area contributed by atoms with E-state index in [1.54, 1.807) is 6.92 Å². The molecule has 1 aromatic heterocycles. The molecule has 0 spiro atoms. The van der Waals surface area contributed by atoms with Crippen molar-refractivity contribution in [3.63, 3.8) is 0 Å². The first kappa shape index (κ1) is 21.2. The quantitative estimate of drug-likeness (QED) is 0.794. The molecule has 2 amide bonds. The number of amides is 2. The summed E-state index contributed by atoms with van der Waals surface area (Å²) in [4.78, 5) is 31.3. The lowest BCUT2D eigenvalue weighted by Gasteiger charge is -2.52. The molecule has 170 valence electrons. The van der Waals surface area contributed by atoms with E-state index in [2.05, 4.69) is 58.1 Å². The molecular weight excluding hydrogens is 400 g/mol. The van der Waals surface area contributed by atoms with E-state index in [0.717, 1.165) is 49.8 Å². The molecule has 5 rings (SSSR count). The van der Waals surface area contributed by atoms with Gasteiger partial charge in [-0.1, -0.05) is 44.2 Å². The van der Waals surface area contributed by atoms with Gasteiger partial charge in [-0.15, -0.1) is 0 Å². The van der Waals surface area contributed by atoms with Crippen molar-refractivity contribution in [3.8, 4) is 0 Å². The van der Waals surface area contributed by atoms with Crippen LogP contribution in [0.3, 0.4) is 0 Å². The van der Waals surface area contributed by atoms with Crippen LogP contribution in [0.5, 0.6) is 0 Å². The zero-order valence-corrected chi connectivity index (χ0v) is 19.6. The molecule has 3 aliphatic rings. The summed E-state index contributed by atoms with van der Waals surface area (Å²) in [5.41, 5.74) is 3.66. The van der Waals surface area contributed by atoms with Gasteiger partial charge in [0.1, 0.15) is 0 Å². The van der Waals surface area contributed by atoms with Crippen molar-refractivity contribution in [2.75, 3.05) is 0 Å². The van der Waals surface area contributed by atoms with Crippen LogP contribution in [0.25, 0.3) is 0 Å². The summed E-state index contributed by atoms with van der Waals surface area (Å²) >= 11 is 0. The molecule has 1 N–H and O–H groups in total. The Kier molecular flexibility index (Phi) is 5.14. The number of aryl methyl sites for hydroxylation is 1. The van der Waals surface area contributed by atoms with Gasteiger partial charge in [-0.3, -0.25) is 14.7 Å². The van der Waals surface area contributed by atoms with E-state index in [0.29, 0.717) is 5.69 Å². The Labute approximate surface area is 190 Å². The number of hydrogen-bond donors (Lipinski definition) is 1. The first-order chi connectivity index (χ1) is 15.4. The molecule has 2 saturated heterocycles. The lowest BCUT2D eigenvalue weighted by atomic mass is 9.64. The fourth-order valence-electron chi connectivity index (χ4n) is 7.03. The van der Waals surface area contributed by atoms with Crippen molar-refractivity contribution in [1.82, 2.24) is 20.0 Å². The molecule has 6 nitrogen and oxygen atoms in total. The van der Waals surface area contributed by atoms with E-state index in [1.165, 1.54) is 5.56 Å². The van der Waals surface area contributed by atoms with Gasteiger partial charge >= 0.3 is 0 Å². The van der Waals surface area contributed by atoms with Crippen molar-refractivity contribution in [3.05, 3.63) is 52.8 Å². The Morgan fingerprint density at radius 1 is 1.16 bits per heavy atom. The van der Waals surface area contributed by atoms with Crippen LogP contribution >= 0.6 is 0 Å². The van der Waals surface area contributed by atoms with Crippen molar-refractivity contribution in [2.45, 2.75) is 90.4 Å². The number of aromatic amines is 1. The number of carbonyl (C=O) groups excluding carboxylic acids is 2. The van der Waals surface area contributed by atoms with Gasteiger partial charge in [0.2, 0.25) is 5.91 Å². The van der Waals surface area contributed by atoms with Gasteiger partial charge in [-0.25, -0.2) is 0 Å². The molecule has 1 saturated carbocycles. The Morgan fingerprint density at radius 2 is 1.84 bits per heavy atom. The van der Waals surface area contributed by atoms with Crippen LogP contribution in [-0.4, -0.2) is 56.0 Å². The predicted octanol–water partition coefficient (Wildman–Crippen LogP) is 3.90. The van der Waals surface area contributed by atoms with Crippen LogP contribution < -0.4 is 0 Å². The van der Waals surface area contributed by atoms with Gasteiger partial charge in [-0.05, 0) is 51.0 Å². The number of likely N-dealkylation sites (tertiary alicyclic amines) is 2. The number of piperidine rings is 1. The molecule has 3 fully saturated rings. The number of nitrogens with one attached hydrogen (secondary N) is 1. The first-order valence-electron chi connectivity index (χ1n) is 12.1. The second-order valence-electron chi connectivity index (χ2n) is 10.2. The van der Waals surface area contributed by atoms with Crippen molar-refractivity contribution in [2.24, 2.45) is 5.41 Å². The average molecular weight is 435 g/mol. The molecular formula is C26H34N4O2. The van der Waals surface area contributed by atoms with Crippen LogP contribution in [0, 0.1) is 12.3 Å². The number of rotatable bonds is 4. The van der Waals surface area contributed by atoms with E-state index < -0.39 is 0 Å². The van der Waals surface area contributed by atoms with E-state index >= 15 is 0 Å². The standard InChI is InChI=1S/C26H34N4O2/c1-5-19-16(2)24(28-27-19)25(32)30-20(14-18-10-7-6-8-11-18)21-15-26(4)22(29(21)17(3)31)12-9-13-23(26)30/h6-8,10-11,20-23H,5,9,12-15H2,1-4H3,(H,27,28)/t20-,21-,22-,23+,26-/m0/s1. The number of H-pyrrole nitrogens is 1. The maximum Gasteiger partial charge on any atom is 0.275 e. The van der Waals surface area contributed by atoms with Gasteiger partial charge in [0.05, 0.1) is 12.1 Å². The Morgan fingerprint density at radius 3 is 2.47 bits per heavy atom. The molecule has 2 aromatic rings. The van der Waals surface area contributed by atoms with E-state index in [9.17, 15) is 9.59 Å². The minimum atomic E-state index is -0.0603. The highest BCUT2D eigenvalue weighted by Gasteiger charge is 2.64. The van der Waals surface area contributed by atoms with Crippen molar-refractivity contribution < 1.29 is 9.59 Å². The Bertz CT molecular complexity index is 1030. The summed E-state index contributed by atoms with van der Waals surface area (Å²) in [6.45, 7) is 8.08. The van der Waals surface area contributed by atoms with E-state index in [-0.39, 0.29) is 41.4 Å². The second kappa shape index (κ2) is 7.75. The summed E-state index contributed by atoms with van der Waals surface area (Å²) in [7, 11) is 0. The second-order valence-corrected chi connectivity index (χ2v) is 10.2. The van der Waals surface area contributed by atoms with Gasteiger partial charge in [0.15, 0.2) is 5.69 Å². The number of benzene rings is 1. The molecule has 0 unspecified atom stereocenters. The summed E-state index contributed by atoms with van der Waals surface area (Å²) in [5, 5.41) is 7.54. The SMILES string of the molecule is CCc1[nH]nc(C(=O)N2[C@@H](Cc3ccccc3)[C@@H]3C[C@@]4(C)[C@H](CCC[C@@H]24)N3C(C)=O)c1C. The highest BCUT2D eigenvalue weighted by atomic mass is 16.2. The Balaban J connectivity index is 1.62. The molecule has 32 heavy (non-hydrogen) atoms. The van der Waals surface area contributed by atoms with Crippen LogP contribution in [0.2, 0.25) is 0 Å². The zero-order chi connectivity index (χ0) is 22.6. The molecule has 5 atom stereocenters. The zero-order valence-electron chi connectivity index (χ0n) is 19.6. The fraction of sp³-hybridized carbons (Fsp3) is 0.577. The van der Waals surface area contributed by atoms with Gasteiger partial charge < -0.3 is 9.80 Å². The highest BCUT2D eigenvalue weighted by Crippen LogP contribution is 2.56. The van der Waals surface area contributed by atoms with Gasteiger partial charge in [0.25, 0.3) is 5.91 Å². The maximum absolute atomic E-state index is 14.1. The van der Waals surface area contributed by atoms with Gasteiger partial charge in [-0.2, -0.15) is 5.10 Å². The third kappa shape index (κ3) is 3.02. The monoisotopic (exact) mass is 434 g/mol. The lowest BCUT2D eigenvalue weighted by Crippen LogP contribution is -2.62. The minimum absolute atomic E-state index is 0.0198. The fourth-order valence-corrected chi connectivity index (χ4v) is 7.03. The number of hydrogen-bond acceptors (Lipinski definition) is 3. The number of nitrogens with zero attached hydrogens (tertiary/aromatic N) is 3. The van der Waals surface area contributed by atoms with Crippen molar-refractivity contribution in [1.29, 1.82) is 0 Å². The van der Waals surface area contributed by atoms with Crippen LogP contribution in [0.4, 0.5) is 0 Å². The number of carbonyl (C=O) groups is 2. The summed E-state index contributed by atoms with van der Waals surface area (Å²) < 4.78 is 0. The predicted molar refractivity (Wildman–Crippen MR) is 123 cm³/mol. The third-order valence-electron chi connectivity index (χ3n) is 8.51. The smallest absolute Gasteiger partial charge is 0.275 e. The van der Waals surface area contributed by atoms with E-state index in [4.69, 9.17) is 0 Å². The summed E-state index contributed by atoms with van der Waals surface area (Å²) in [6.07, 6.45) is 5.62. The average Bonchev–Trinajstić information content (AvgIpc) is 3.30. The molecule has 3 heterocycles. The first-order valence-corrected chi connectivity index (χ1v) is 12.1. The molecule has 1 aliphatic carbocycles. The van der Waals surface area contributed by atoms with Crippen molar-refractivity contribution >= 4 is 11.8 Å². The topological polar surface area (TPSA) is 69.3 Å². The maximum atomic E-state index is 14.1. The molecule has 2 bridgehead atoms. The summed E-state index contributed by atoms with van der Waals surface area (Å²) in [5.74, 6) is 0.160. The molecule has 0 radical (unpaired) electrons. The normalized spacial score (nSPS) is 31.1. The largest absolute Gasteiger partial charge is 0.334 e. The highest BCUT2D eigenvalue weighted by molar-refractivity contribution is 5.95. The third-order valence-corrected chi connectivity index (χ3v) is 8.51. The number of fused-ring (bicyclic) bond motifs is 1. The molecule has 2 aliphatic heterocycles. The molecule has 1 aromatic carbocycles. The summed E-state index contributed by atoms with van der Waals surface area (Å²) in [6, 6.07) is 10.7. The minimum Gasteiger partial charge on any atom is -0.334 e. The van der Waals surface area contributed by atoms with Crippen LogP contribution in [-0.2, 0) is 17.6 Å². The number of aromatic nitrogens is 2. The van der Waals surface area contributed by atoms with Crippen LogP contribution in [0.1, 0.15) is 73.8 Å². The molecule has 6 heteroatoms. The lowest BCUT2D eigenvalue weighted by molar-refractivity contribution is -0.133.